The van der Waals surface area contributed by atoms with Gasteiger partial charge in [-0.3, -0.25) is 0 Å². The second-order valence-corrected chi connectivity index (χ2v) is 9.43. The third-order valence-electron chi connectivity index (χ3n) is 6.76. The van der Waals surface area contributed by atoms with Gasteiger partial charge >= 0.3 is 6.09 Å². The number of hydrogen-bond acceptors (Lipinski definition) is 8. The van der Waals surface area contributed by atoms with E-state index in [4.69, 9.17) is 15.2 Å². The van der Waals surface area contributed by atoms with Crippen LogP contribution in [-0.4, -0.2) is 53.9 Å². The molecule has 5 aromatic rings. The summed E-state index contributed by atoms with van der Waals surface area (Å²) in [6.07, 6.45) is 2.04. The Bertz CT molecular complexity index is 1640. The van der Waals surface area contributed by atoms with Crippen LogP contribution in [0, 0.1) is 13.8 Å². The second kappa shape index (κ2) is 8.77. The van der Waals surface area contributed by atoms with Crippen molar-refractivity contribution in [3.63, 3.8) is 0 Å². The number of nitrogens with one attached hydrogen (secondary N) is 1. The number of nitrogens with two attached hydrogens (primary N) is 1. The van der Waals surface area contributed by atoms with Crippen molar-refractivity contribution in [2.24, 2.45) is 0 Å². The van der Waals surface area contributed by atoms with Gasteiger partial charge in [0.15, 0.2) is 11.2 Å². The lowest BCUT2D eigenvalue weighted by Crippen LogP contribution is -2.40. The number of piperidine rings is 1. The van der Waals surface area contributed by atoms with Crippen molar-refractivity contribution < 1.29 is 14.3 Å². The van der Waals surface area contributed by atoms with Gasteiger partial charge in [0.25, 0.3) is 6.01 Å². The molecule has 2 aromatic carbocycles. The Hall–Kier alpha value is -4.67. The Morgan fingerprint density at radius 2 is 2.00 bits per heavy atom. The van der Waals surface area contributed by atoms with E-state index in [0.29, 0.717) is 41.6 Å². The first-order chi connectivity index (χ1) is 17.9. The fourth-order valence-electron chi connectivity index (χ4n) is 5.05. The highest BCUT2D eigenvalue weighted by atomic mass is 16.4. The highest BCUT2D eigenvalue weighted by Crippen LogP contribution is 2.34. The number of rotatable bonds is 4. The first-order valence-corrected chi connectivity index (χ1v) is 12.1. The number of likely N-dealkylation sites (tertiary alicyclic amines) is 1. The van der Waals surface area contributed by atoms with E-state index in [1.807, 2.05) is 44.2 Å². The summed E-state index contributed by atoms with van der Waals surface area (Å²) >= 11 is 0. The summed E-state index contributed by atoms with van der Waals surface area (Å²) in [6.45, 7) is 4.90. The Kier molecular flexibility index (Phi) is 5.40. The van der Waals surface area contributed by atoms with Gasteiger partial charge in [0.05, 0.1) is 11.4 Å². The number of nitrogens with zero attached hydrogens (tertiary/aromatic N) is 6. The van der Waals surface area contributed by atoms with Crippen molar-refractivity contribution in [1.82, 2.24) is 29.6 Å². The van der Waals surface area contributed by atoms with E-state index < -0.39 is 6.09 Å². The number of hydrogen-bond donors (Lipinski definition) is 3. The molecule has 1 amide bonds. The summed E-state index contributed by atoms with van der Waals surface area (Å²) in [5, 5.41) is 18.2. The molecule has 1 saturated heterocycles. The molecular weight excluding hydrogens is 472 g/mol. The smallest absolute Gasteiger partial charge is 0.407 e. The second-order valence-electron chi connectivity index (χ2n) is 9.43. The fourth-order valence-corrected chi connectivity index (χ4v) is 5.05. The van der Waals surface area contributed by atoms with Crippen LogP contribution in [0.2, 0.25) is 0 Å². The van der Waals surface area contributed by atoms with Gasteiger partial charge in [-0.1, -0.05) is 18.2 Å². The fraction of sp³-hybridized carbons (Fsp3) is 0.269. The predicted octanol–water partition coefficient (Wildman–Crippen LogP) is 4.89. The van der Waals surface area contributed by atoms with Gasteiger partial charge in [-0.15, -0.1) is 0 Å². The molecule has 4 heterocycles. The maximum atomic E-state index is 11.6. The Morgan fingerprint density at radius 1 is 1.19 bits per heavy atom. The van der Waals surface area contributed by atoms with Crippen molar-refractivity contribution in [3.05, 3.63) is 53.9 Å². The first-order valence-electron chi connectivity index (χ1n) is 12.1. The quantitative estimate of drug-likeness (QED) is 0.315. The van der Waals surface area contributed by atoms with E-state index in [9.17, 15) is 9.90 Å². The average Bonchev–Trinajstić information content (AvgIpc) is 3.47. The molecule has 11 nitrogen and oxygen atoms in total. The van der Waals surface area contributed by atoms with E-state index in [-0.39, 0.29) is 6.04 Å². The molecule has 1 fully saturated rings. The molecule has 1 atom stereocenters. The minimum Gasteiger partial charge on any atom is -0.465 e. The van der Waals surface area contributed by atoms with E-state index in [0.717, 1.165) is 46.3 Å². The highest BCUT2D eigenvalue weighted by Gasteiger charge is 2.28. The number of nitrogen functional groups attached to an aromatic ring is 1. The first kappa shape index (κ1) is 22.8. The lowest BCUT2D eigenvalue weighted by Gasteiger charge is -2.30. The molecule has 0 radical (unpaired) electrons. The van der Waals surface area contributed by atoms with E-state index in [1.165, 1.54) is 11.2 Å². The number of aryl methyl sites for hydroxylation is 2. The zero-order valence-corrected chi connectivity index (χ0v) is 20.5. The molecule has 37 heavy (non-hydrogen) atoms. The van der Waals surface area contributed by atoms with Crippen LogP contribution in [0.3, 0.4) is 0 Å². The van der Waals surface area contributed by atoms with Gasteiger partial charge in [0, 0.05) is 24.3 Å². The molecule has 1 unspecified atom stereocenters. The maximum Gasteiger partial charge on any atom is 0.407 e. The van der Waals surface area contributed by atoms with E-state index in [1.54, 1.807) is 4.68 Å². The normalized spacial score (nSPS) is 15.9. The summed E-state index contributed by atoms with van der Waals surface area (Å²) in [5.41, 5.74) is 12.9. The Labute approximate surface area is 211 Å². The number of benzene rings is 2. The molecule has 1 aliphatic heterocycles. The maximum absolute atomic E-state index is 11.6. The average molecular weight is 499 g/mol. The summed E-state index contributed by atoms with van der Waals surface area (Å²) in [7, 11) is 0. The van der Waals surface area contributed by atoms with Gasteiger partial charge in [-0.25, -0.2) is 19.4 Å². The van der Waals surface area contributed by atoms with Crippen molar-refractivity contribution >= 4 is 45.7 Å². The third-order valence-corrected chi connectivity index (χ3v) is 6.76. The summed E-state index contributed by atoms with van der Waals surface area (Å²) in [5.74, 6) is 0.330. The molecule has 0 aliphatic carbocycles. The summed E-state index contributed by atoms with van der Waals surface area (Å²) in [6, 6.07) is 12.0. The van der Waals surface area contributed by atoms with Crippen molar-refractivity contribution in [2.45, 2.75) is 32.7 Å². The van der Waals surface area contributed by atoms with Crippen molar-refractivity contribution in [1.29, 1.82) is 0 Å². The lowest BCUT2D eigenvalue weighted by molar-refractivity contribution is 0.120. The number of anilines is 3. The number of amides is 1. The van der Waals surface area contributed by atoms with Crippen LogP contribution in [0.4, 0.5) is 22.3 Å². The van der Waals surface area contributed by atoms with E-state index in [2.05, 4.69) is 26.3 Å². The molecule has 11 heteroatoms. The zero-order valence-electron chi connectivity index (χ0n) is 20.5. The molecule has 188 valence electrons. The molecule has 0 bridgehead atoms. The van der Waals surface area contributed by atoms with Crippen LogP contribution in [0.5, 0.6) is 0 Å². The summed E-state index contributed by atoms with van der Waals surface area (Å²) < 4.78 is 7.72. The van der Waals surface area contributed by atoms with Crippen molar-refractivity contribution in [2.75, 3.05) is 24.1 Å². The van der Waals surface area contributed by atoms with Crippen LogP contribution in [0.25, 0.3) is 33.4 Å². The van der Waals surface area contributed by atoms with Gasteiger partial charge in [-0.2, -0.15) is 10.1 Å². The van der Waals surface area contributed by atoms with Crippen LogP contribution >= 0.6 is 0 Å². The third kappa shape index (κ3) is 4.07. The number of carboxylic acid groups (broad SMARTS) is 1. The van der Waals surface area contributed by atoms with Gasteiger partial charge in [-0.05, 0) is 56.0 Å². The van der Waals surface area contributed by atoms with Gasteiger partial charge in [0.2, 0.25) is 0 Å². The molecule has 0 saturated carbocycles. The zero-order chi connectivity index (χ0) is 25.7. The van der Waals surface area contributed by atoms with Crippen LogP contribution in [0.1, 0.15) is 30.0 Å². The van der Waals surface area contributed by atoms with Crippen LogP contribution in [0.15, 0.2) is 47.1 Å². The Balaban J connectivity index is 1.32. The lowest BCUT2D eigenvalue weighted by atomic mass is 10.1. The predicted molar refractivity (Wildman–Crippen MR) is 140 cm³/mol. The minimum absolute atomic E-state index is 0.136. The number of oxazole rings is 1. The molecular formula is C26H26N8O3. The van der Waals surface area contributed by atoms with Gasteiger partial charge < -0.3 is 25.5 Å². The monoisotopic (exact) mass is 498 g/mol. The Morgan fingerprint density at radius 3 is 2.78 bits per heavy atom. The molecule has 1 aliphatic rings. The molecule has 0 spiro atoms. The highest BCUT2D eigenvalue weighted by molar-refractivity contribution is 5.98. The number of carbonyl (C=O) groups is 1. The van der Waals surface area contributed by atoms with Crippen LogP contribution < -0.4 is 11.1 Å². The van der Waals surface area contributed by atoms with Crippen molar-refractivity contribution in [3.8, 4) is 11.3 Å². The van der Waals surface area contributed by atoms with Gasteiger partial charge in [0.1, 0.15) is 23.4 Å². The largest absolute Gasteiger partial charge is 0.465 e. The minimum atomic E-state index is -0.928. The summed E-state index contributed by atoms with van der Waals surface area (Å²) in [4.78, 5) is 26.2. The molecule has 6 rings (SSSR count). The number of fused-ring (bicyclic) bond motifs is 2. The van der Waals surface area contributed by atoms with Crippen LogP contribution in [-0.2, 0) is 0 Å². The molecule has 3 aromatic heterocycles. The topological polar surface area (TPSA) is 148 Å². The standard InChI is InChI=1S/C26H26N8O3/c1-14-10-15(2)22-19(11-14)31-25(37-22)30-17-7-5-16(6-8-17)21-20-23(27)28-13-29-24(20)34(32-21)18-4-3-9-33(12-18)26(35)36/h5-8,10-11,13,18H,3-4,9,12H2,1-2H3,(H,30,31)(H,35,36)(H2,27,28,29). The van der Waals surface area contributed by atoms with E-state index >= 15 is 0 Å². The SMILES string of the molecule is Cc1cc(C)c2oc(Nc3ccc(-c4nn(C5CCCN(C(=O)O)C5)c5ncnc(N)c45)cc3)nc2c1. The number of aromatic nitrogens is 5. The molecule has 4 N–H and O–H groups in total.